The maximum atomic E-state index is 14.3. The third-order valence-electron chi connectivity index (χ3n) is 7.95. The molecule has 1 aliphatic carbocycles. The molecule has 9 heteroatoms. The fourth-order valence-electron chi connectivity index (χ4n) is 5.42. The van der Waals surface area contributed by atoms with Crippen molar-refractivity contribution < 1.29 is 18.0 Å². The van der Waals surface area contributed by atoms with Crippen LogP contribution in [0.4, 0.5) is 5.69 Å². The van der Waals surface area contributed by atoms with E-state index in [1.165, 1.54) is 0 Å². The van der Waals surface area contributed by atoms with Crippen LogP contribution >= 0.6 is 11.6 Å². The van der Waals surface area contributed by atoms with Gasteiger partial charge in [0.1, 0.15) is 12.6 Å². The molecule has 1 N–H and O–H groups in total. The molecule has 4 rings (SSSR count). The Bertz CT molecular complexity index is 1490. The number of hydrogen-bond donors (Lipinski definition) is 1. The highest BCUT2D eigenvalue weighted by Gasteiger charge is 2.34. The van der Waals surface area contributed by atoms with Crippen LogP contribution in [0.3, 0.4) is 0 Å². The minimum absolute atomic E-state index is 0.0576. The van der Waals surface area contributed by atoms with Gasteiger partial charge in [0.25, 0.3) is 0 Å². The highest BCUT2D eigenvalue weighted by molar-refractivity contribution is 7.92. The molecule has 0 heterocycles. The van der Waals surface area contributed by atoms with E-state index in [0.29, 0.717) is 17.1 Å². The van der Waals surface area contributed by atoms with Crippen molar-refractivity contribution in [1.82, 2.24) is 10.2 Å². The second kappa shape index (κ2) is 14.2. The number of aryl methyl sites for hydroxylation is 2. The summed E-state index contributed by atoms with van der Waals surface area (Å²) < 4.78 is 27.0. The van der Waals surface area contributed by atoms with E-state index in [-0.39, 0.29) is 18.5 Å². The molecule has 1 atom stereocenters. The highest BCUT2D eigenvalue weighted by atomic mass is 35.5. The van der Waals surface area contributed by atoms with E-state index in [9.17, 15) is 18.0 Å². The van der Waals surface area contributed by atoms with Crippen LogP contribution in [0, 0.1) is 13.8 Å². The van der Waals surface area contributed by atoms with Gasteiger partial charge in [-0.1, -0.05) is 91.5 Å². The van der Waals surface area contributed by atoms with E-state index in [4.69, 9.17) is 11.6 Å². The third kappa shape index (κ3) is 8.35. The Morgan fingerprint density at radius 3 is 2.24 bits per heavy atom. The van der Waals surface area contributed by atoms with Crippen molar-refractivity contribution in [3.05, 3.63) is 100 Å². The van der Waals surface area contributed by atoms with Gasteiger partial charge in [0, 0.05) is 24.0 Å². The van der Waals surface area contributed by atoms with E-state index in [2.05, 4.69) is 5.32 Å². The van der Waals surface area contributed by atoms with Crippen LogP contribution in [0.5, 0.6) is 0 Å². The van der Waals surface area contributed by atoms with Crippen LogP contribution in [-0.2, 0) is 32.6 Å². The molecule has 224 valence electrons. The zero-order valence-corrected chi connectivity index (χ0v) is 26.1. The number of nitrogens with zero attached hydrogens (tertiary/aromatic N) is 2. The fraction of sp³-hybridized carbons (Fsp3) is 0.394. The predicted molar refractivity (Wildman–Crippen MR) is 169 cm³/mol. The lowest BCUT2D eigenvalue weighted by atomic mass is 9.94. The number of sulfonamides is 1. The molecule has 1 aliphatic rings. The molecular formula is C33H40ClN3O4S. The second-order valence-electron chi connectivity index (χ2n) is 11.2. The number of halogens is 1. The number of hydrogen-bond acceptors (Lipinski definition) is 4. The summed E-state index contributed by atoms with van der Waals surface area (Å²) in [5, 5.41) is 3.62. The van der Waals surface area contributed by atoms with E-state index in [0.717, 1.165) is 64.9 Å². The Balaban J connectivity index is 1.74. The van der Waals surface area contributed by atoms with E-state index < -0.39 is 28.5 Å². The van der Waals surface area contributed by atoms with Crippen LogP contribution in [0.25, 0.3) is 0 Å². The van der Waals surface area contributed by atoms with Crippen LogP contribution in [0.2, 0.25) is 5.02 Å². The number of carbonyl (C=O) groups excluding carboxylic acids is 2. The number of carbonyl (C=O) groups is 2. The van der Waals surface area contributed by atoms with E-state index >= 15 is 0 Å². The Kier molecular flexibility index (Phi) is 10.7. The Labute approximate surface area is 254 Å². The summed E-state index contributed by atoms with van der Waals surface area (Å²) in [5.74, 6) is -0.697. The van der Waals surface area contributed by atoms with Gasteiger partial charge in [0.15, 0.2) is 0 Å². The molecule has 1 unspecified atom stereocenters. The lowest BCUT2D eigenvalue weighted by molar-refractivity contribution is -0.140. The predicted octanol–water partition coefficient (Wildman–Crippen LogP) is 5.81. The number of rotatable bonds is 11. The molecule has 3 aromatic rings. The summed E-state index contributed by atoms with van der Waals surface area (Å²) in [4.78, 5) is 29.8. The summed E-state index contributed by atoms with van der Waals surface area (Å²) in [6, 6.07) is 21.4. The van der Waals surface area contributed by atoms with Crippen LogP contribution in [0.15, 0.2) is 72.8 Å². The van der Waals surface area contributed by atoms with E-state index in [1.54, 1.807) is 23.1 Å². The fourth-order valence-corrected chi connectivity index (χ4v) is 6.44. The van der Waals surface area contributed by atoms with Crippen molar-refractivity contribution in [3.63, 3.8) is 0 Å². The first-order chi connectivity index (χ1) is 20.0. The molecule has 0 bridgehead atoms. The van der Waals surface area contributed by atoms with Crippen molar-refractivity contribution in [2.75, 3.05) is 17.1 Å². The molecule has 0 spiro atoms. The largest absolute Gasteiger partial charge is 0.352 e. The standard InChI is InChI=1S/C33H40ClN3O4S/c1-24-12-10-11-15-27(24)22-36(32(38)23-37(42(3,40)41)29-19-18-25(2)30(34)21-29)31(20-26-13-6-4-7-14-26)33(39)35-28-16-8-5-9-17-28/h4,6-7,10-15,18-19,21,28,31H,5,8-9,16-17,20,22-23H2,1-3H3,(H,35,39). The minimum atomic E-state index is -3.86. The quantitative estimate of drug-likeness (QED) is 0.297. The van der Waals surface area contributed by atoms with Crippen molar-refractivity contribution in [2.24, 2.45) is 0 Å². The molecular weight excluding hydrogens is 570 g/mol. The second-order valence-corrected chi connectivity index (χ2v) is 13.5. The van der Waals surface area contributed by atoms with Gasteiger partial charge in [-0.05, 0) is 61.1 Å². The van der Waals surface area contributed by atoms with Crippen LogP contribution in [0.1, 0.15) is 54.4 Å². The summed E-state index contributed by atoms with van der Waals surface area (Å²) in [5.41, 5.74) is 3.87. The molecule has 1 fully saturated rings. The lowest BCUT2D eigenvalue weighted by Crippen LogP contribution is -2.55. The van der Waals surface area contributed by atoms with Gasteiger partial charge in [0.2, 0.25) is 21.8 Å². The maximum absolute atomic E-state index is 14.3. The van der Waals surface area contributed by atoms with Crippen LogP contribution < -0.4 is 9.62 Å². The SMILES string of the molecule is Cc1ccc(N(CC(=O)N(Cc2ccccc2C)C(Cc2ccccc2)C(=O)NC2CCCCC2)S(C)(=O)=O)cc1Cl. The average molecular weight is 610 g/mol. The van der Waals surface area contributed by atoms with Gasteiger partial charge >= 0.3 is 0 Å². The Hall–Kier alpha value is -3.36. The van der Waals surface area contributed by atoms with Crippen molar-refractivity contribution in [3.8, 4) is 0 Å². The highest BCUT2D eigenvalue weighted by Crippen LogP contribution is 2.26. The molecule has 3 aromatic carbocycles. The molecule has 0 aliphatic heterocycles. The molecule has 42 heavy (non-hydrogen) atoms. The van der Waals surface area contributed by atoms with Gasteiger partial charge in [-0.25, -0.2) is 8.42 Å². The van der Waals surface area contributed by atoms with Crippen molar-refractivity contribution in [1.29, 1.82) is 0 Å². The number of anilines is 1. The lowest BCUT2D eigenvalue weighted by Gasteiger charge is -2.35. The first-order valence-corrected chi connectivity index (χ1v) is 16.7. The molecule has 2 amide bonds. The summed E-state index contributed by atoms with van der Waals surface area (Å²) in [6.07, 6.45) is 6.45. The van der Waals surface area contributed by atoms with Gasteiger partial charge in [0.05, 0.1) is 11.9 Å². The number of benzene rings is 3. The molecule has 1 saturated carbocycles. The maximum Gasteiger partial charge on any atom is 0.244 e. The average Bonchev–Trinajstić information content (AvgIpc) is 2.96. The Morgan fingerprint density at radius 2 is 1.60 bits per heavy atom. The third-order valence-corrected chi connectivity index (χ3v) is 9.49. The zero-order valence-electron chi connectivity index (χ0n) is 24.6. The topological polar surface area (TPSA) is 86.8 Å². The first kappa shape index (κ1) is 31.6. The first-order valence-electron chi connectivity index (χ1n) is 14.4. The molecule has 0 saturated heterocycles. The summed E-state index contributed by atoms with van der Waals surface area (Å²) in [7, 11) is -3.86. The molecule has 7 nitrogen and oxygen atoms in total. The molecule has 0 aromatic heterocycles. The van der Waals surface area contributed by atoms with Gasteiger partial charge < -0.3 is 10.2 Å². The van der Waals surface area contributed by atoms with Gasteiger partial charge in [-0.2, -0.15) is 0 Å². The number of nitrogens with one attached hydrogen (secondary N) is 1. The smallest absolute Gasteiger partial charge is 0.244 e. The monoisotopic (exact) mass is 609 g/mol. The minimum Gasteiger partial charge on any atom is -0.352 e. The Morgan fingerprint density at radius 1 is 0.929 bits per heavy atom. The van der Waals surface area contributed by atoms with Gasteiger partial charge in [-0.15, -0.1) is 0 Å². The normalized spacial score (nSPS) is 14.7. The summed E-state index contributed by atoms with van der Waals surface area (Å²) in [6.45, 7) is 3.48. The zero-order chi connectivity index (χ0) is 30.3. The number of amides is 2. The van der Waals surface area contributed by atoms with Gasteiger partial charge in [-0.3, -0.25) is 13.9 Å². The summed E-state index contributed by atoms with van der Waals surface area (Å²) >= 11 is 6.34. The van der Waals surface area contributed by atoms with E-state index in [1.807, 2.05) is 68.4 Å². The van der Waals surface area contributed by atoms with Crippen molar-refractivity contribution in [2.45, 2.75) is 71.0 Å². The van der Waals surface area contributed by atoms with Crippen LogP contribution in [-0.4, -0.2) is 50.0 Å². The molecule has 0 radical (unpaired) electrons. The van der Waals surface area contributed by atoms with Crippen molar-refractivity contribution >= 4 is 39.1 Å².